The van der Waals surface area contributed by atoms with Crippen molar-refractivity contribution in [1.82, 2.24) is 0 Å². The molecule has 12 heavy (non-hydrogen) atoms. The van der Waals surface area contributed by atoms with Gasteiger partial charge in [-0.25, -0.2) is 8.78 Å². The predicted molar refractivity (Wildman–Crippen MR) is 48.7 cm³/mol. The molecular formula is C8H15F2NS. The Morgan fingerprint density at radius 1 is 1.50 bits per heavy atom. The first kappa shape index (κ1) is 10.3. The number of halogens is 2. The Bertz CT molecular complexity index is 135. The summed E-state index contributed by atoms with van der Waals surface area (Å²) in [5.74, 6) is -1.32. The highest BCUT2D eigenvalue weighted by atomic mass is 32.2. The van der Waals surface area contributed by atoms with Crippen LogP contribution in [0, 0.1) is 5.92 Å². The van der Waals surface area contributed by atoms with Crippen LogP contribution in [0.15, 0.2) is 0 Å². The molecule has 1 rings (SSSR count). The Labute approximate surface area is 76.1 Å². The first-order valence-electron chi connectivity index (χ1n) is 4.32. The fourth-order valence-corrected chi connectivity index (χ4v) is 2.70. The topological polar surface area (TPSA) is 26.0 Å². The number of hydrogen-bond acceptors (Lipinski definition) is 2. The van der Waals surface area contributed by atoms with Gasteiger partial charge in [0.2, 0.25) is 0 Å². The molecule has 0 aromatic carbocycles. The summed E-state index contributed by atoms with van der Waals surface area (Å²) >= 11 is 1.63. The highest BCUT2D eigenvalue weighted by Gasteiger charge is 2.38. The van der Waals surface area contributed by atoms with Crippen LogP contribution in [0.2, 0.25) is 0 Å². The molecule has 4 heteroatoms. The van der Waals surface area contributed by atoms with Gasteiger partial charge in [0.15, 0.2) is 0 Å². The minimum Gasteiger partial charge on any atom is -0.330 e. The molecule has 1 aliphatic heterocycles. The number of nitrogens with two attached hydrogens (primary N) is 1. The van der Waals surface area contributed by atoms with E-state index in [2.05, 4.69) is 0 Å². The van der Waals surface area contributed by atoms with Gasteiger partial charge in [-0.1, -0.05) is 0 Å². The van der Waals surface area contributed by atoms with Crippen LogP contribution in [0.1, 0.15) is 19.3 Å². The molecule has 0 saturated carbocycles. The van der Waals surface area contributed by atoms with Gasteiger partial charge in [-0.2, -0.15) is 11.8 Å². The van der Waals surface area contributed by atoms with Crippen LogP contribution in [-0.4, -0.2) is 24.0 Å². The first-order chi connectivity index (χ1) is 5.67. The van der Waals surface area contributed by atoms with Crippen molar-refractivity contribution in [3.63, 3.8) is 0 Å². The second-order valence-corrected chi connectivity index (χ2v) is 4.36. The fourth-order valence-electron chi connectivity index (χ4n) is 1.47. The molecular weight excluding hydrogens is 180 g/mol. The Kier molecular flexibility index (Phi) is 3.77. The maximum atomic E-state index is 13.2. The molecule has 0 aromatic rings. The lowest BCUT2D eigenvalue weighted by Gasteiger charge is -2.29. The molecule has 1 nitrogen and oxygen atoms in total. The zero-order valence-electron chi connectivity index (χ0n) is 7.06. The van der Waals surface area contributed by atoms with E-state index in [0.29, 0.717) is 12.2 Å². The summed E-state index contributed by atoms with van der Waals surface area (Å²) in [4.78, 5) is 0. The van der Waals surface area contributed by atoms with Crippen LogP contribution in [0.5, 0.6) is 0 Å². The summed E-state index contributed by atoms with van der Waals surface area (Å²) < 4.78 is 26.4. The van der Waals surface area contributed by atoms with Gasteiger partial charge in [-0.15, -0.1) is 0 Å². The third-order valence-corrected chi connectivity index (χ3v) is 3.45. The van der Waals surface area contributed by atoms with E-state index >= 15 is 0 Å². The highest BCUT2D eigenvalue weighted by molar-refractivity contribution is 7.99. The van der Waals surface area contributed by atoms with Crippen molar-refractivity contribution in [3.8, 4) is 0 Å². The van der Waals surface area contributed by atoms with E-state index < -0.39 is 11.8 Å². The van der Waals surface area contributed by atoms with E-state index in [1.165, 1.54) is 0 Å². The van der Waals surface area contributed by atoms with Crippen molar-refractivity contribution >= 4 is 11.8 Å². The third kappa shape index (κ3) is 2.59. The van der Waals surface area contributed by atoms with Gasteiger partial charge in [0.05, 0.1) is 0 Å². The van der Waals surface area contributed by atoms with Gasteiger partial charge >= 0.3 is 0 Å². The summed E-state index contributed by atoms with van der Waals surface area (Å²) in [7, 11) is 0. The van der Waals surface area contributed by atoms with Gasteiger partial charge in [-0.05, 0) is 25.1 Å². The normalized spacial score (nSPS) is 25.8. The molecule has 0 radical (unpaired) electrons. The van der Waals surface area contributed by atoms with E-state index in [9.17, 15) is 8.78 Å². The number of alkyl halides is 2. The maximum Gasteiger partial charge on any atom is 0.252 e. The lowest BCUT2D eigenvalue weighted by atomic mass is 9.95. The van der Waals surface area contributed by atoms with Crippen molar-refractivity contribution in [1.29, 1.82) is 0 Å². The average Bonchev–Trinajstić information content (AvgIpc) is 2.06. The quantitative estimate of drug-likeness (QED) is 0.746. The second kappa shape index (κ2) is 4.42. The van der Waals surface area contributed by atoms with Crippen molar-refractivity contribution in [2.75, 3.05) is 18.1 Å². The van der Waals surface area contributed by atoms with E-state index in [-0.39, 0.29) is 13.0 Å². The van der Waals surface area contributed by atoms with E-state index in [4.69, 9.17) is 5.73 Å². The smallest absolute Gasteiger partial charge is 0.252 e. The first-order valence-corrected chi connectivity index (χ1v) is 5.48. The van der Waals surface area contributed by atoms with Crippen LogP contribution < -0.4 is 5.73 Å². The molecule has 1 atom stereocenters. The second-order valence-electron chi connectivity index (χ2n) is 3.21. The standard InChI is InChI=1S/C8H15F2NS/c9-8(10,3-4-11)7-2-1-5-12-6-7/h7H,1-6,11H2. The lowest BCUT2D eigenvalue weighted by Crippen LogP contribution is -2.34. The third-order valence-electron chi connectivity index (χ3n) is 2.24. The summed E-state index contributed by atoms with van der Waals surface area (Å²) in [5, 5.41) is 0. The fraction of sp³-hybridized carbons (Fsp3) is 1.00. The zero-order valence-corrected chi connectivity index (χ0v) is 7.88. The van der Waals surface area contributed by atoms with E-state index in [0.717, 1.165) is 12.2 Å². The van der Waals surface area contributed by atoms with Crippen molar-refractivity contribution in [2.45, 2.75) is 25.2 Å². The van der Waals surface area contributed by atoms with Crippen LogP contribution in [0.3, 0.4) is 0 Å². The van der Waals surface area contributed by atoms with Crippen LogP contribution in [0.4, 0.5) is 8.78 Å². The monoisotopic (exact) mass is 195 g/mol. The molecule has 72 valence electrons. The number of hydrogen-bond donors (Lipinski definition) is 1. The lowest BCUT2D eigenvalue weighted by molar-refractivity contribution is -0.0582. The molecule has 0 spiro atoms. The van der Waals surface area contributed by atoms with Crippen LogP contribution >= 0.6 is 11.8 Å². The Hall–Kier alpha value is 0.170. The van der Waals surface area contributed by atoms with Gasteiger partial charge in [0, 0.05) is 18.1 Å². The zero-order chi connectivity index (χ0) is 9.03. The van der Waals surface area contributed by atoms with Gasteiger partial charge in [0.25, 0.3) is 5.92 Å². The SMILES string of the molecule is NCCC(F)(F)C1CCCSC1. The van der Waals surface area contributed by atoms with Crippen molar-refractivity contribution in [2.24, 2.45) is 11.7 Å². The predicted octanol–water partition coefficient (Wildman–Crippen LogP) is 2.11. The van der Waals surface area contributed by atoms with Crippen molar-refractivity contribution < 1.29 is 8.78 Å². The molecule has 1 unspecified atom stereocenters. The summed E-state index contributed by atoms with van der Waals surface area (Å²) in [5.41, 5.74) is 5.13. The van der Waals surface area contributed by atoms with Crippen LogP contribution in [0.25, 0.3) is 0 Å². The molecule has 1 heterocycles. The summed E-state index contributed by atoms with van der Waals surface area (Å²) in [6.45, 7) is 0.0914. The largest absolute Gasteiger partial charge is 0.330 e. The molecule has 0 amide bonds. The summed E-state index contributed by atoms with van der Waals surface area (Å²) in [6.07, 6.45) is 1.44. The molecule has 0 aliphatic carbocycles. The molecule has 2 N–H and O–H groups in total. The molecule has 1 aliphatic rings. The molecule has 1 fully saturated rings. The average molecular weight is 195 g/mol. The summed E-state index contributed by atoms with van der Waals surface area (Å²) in [6, 6.07) is 0. The minimum absolute atomic E-state index is 0.0914. The van der Waals surface area contributed by atoms with Gasteiger partial charge in [-0.3, -0.25) is 0 Å². The minimum atomic E-state index is -2.53. The van der Waals surface area contributed by atoms with Gasteiger partial charge in [0.1, 0.15) is 0 Å². The molecule has 0 bridgehead atoms. The van der Waals surface area contributed by atoms with Gasteiger partial charge < -0.3 is 5.73 Å². The Morgan fingerprint density at radius 2 is 2.25 bits per heavy atom. The van der Waals surface area contributed by atoms with E-state index in [1.807, 2.05) is 0 Å². The number of rotatable bonds is 3. The van der Waals surface area contributed by atoms with Crippen molar-refractivity contribution in [3.05, 3.63) is 0 Å². The Balaban J connectivity index is 2.41. The molecule has 1 saturated heterocycles. The number of thioether (sulfide) groups is 1. The highest BCUT2D eigenvalue weighted by Crippen LogP contribution is 2.36. The van der Waals surface area contributed by atoms with E-state index in [1.54, 1.807) is 11.8 Å². The van der Waals surface area contributed by atoms with Crippen LogP contribution in [-0.2, 0) is 0 Å². The Morgan fingerprint density at radius 3 is 2.75 bits per heavy atom. The molecule has 0 aromatic heterocycles. The maximum absolute atomic E-state index is 13.2.